The SMILES string of the molecule is O=C(O)CCNC(=O)NCC(O)c1ccc(OC(F)(F)F)cc1. The molecule has 0 saturated carbocycles. The van der Waals surface area contributed by atoms with E-state index < -0.39 is 30.2 Å². The van der Waals surface area contributed by atoms with E-state index in [1.165, 1.54) is 12.1 Å². The quantitative estimate of drug-likeness (QED) is 0.602. The van der Waals surface area contributed by atoms with Crippen molar-refractivity contribution in [2.45, 2.75) is 18.9 Å². The average molecular weight is 336 g/mol. The normalized spacial score (nSPS) is 12.3. The van der Waals surface area contributed by atoms with Crippen LogP contribution < -0.4 is 15.4 Å². The zero-order valence-corrected chi connectivity index (χ0v) is 11.8. The fraction of sp³-hybridized carbons (Fsp3) is 0.385. The molecule has 0 aliphatic rings. The van der Waals surface area contributed by atoms with E-state index in [1.54, 1.807) is 0 Å². The second-order valence-corrected chi connectivity index (χ2v) is 4.41. The number of nitrogens with one attached hydrogen (secondary N) is 2. The van der Waals surface area contributed by atoms with Gasteiger partial charge in [-0.05, 0) is 17.7 Å². The van der Waals surface area contributed by atoms with Gasteiger partial charge >= 0.3 is 18.4 Å². The predicted octanol–water partition coefficient (Wildman–Crippen LogP) is 1.39. The van der Waals surface area contributed by atoms with E-state index in [9.17, 15) is 27.9 Å². The number of benzene rings is 1. The van der Waals surface area contributed by atoms with Crippen LogP contribution >= 0.6 is 0 Å². The Bertz CT molecular complexity index is 533. The molecule has 7 nitrogen and oxygen atoms in total. The van der Waals surface area contributed by atoms with Gasteiger partial charge in [0.15, 0.2) is 0 Å². The summed E-state index contributed by atoms with van der Waals surface area (Å²) in [7, 11) is 0. The highest BCUT2D eigenvalue weighted by atomic mass is 19.4. The van der Waals surface area contributed by atoms with Gasteiger partial charge in [-0.1, -0.05) is 12.1 Å². The van der Waals surface area contributed by atoms with E-state index >= 15 is 0 Å². The van der Waals surface area contributed by atoms with E-state index in [4.69, 9.17) is 5.11 Å². The van der Waals surface area contributed by atoms with Gasteiger partial charge < -0.3 is 25.6 Å². The molecule has 0 heterocycles. The first-order valence-electron chi connectivity index (χ1n) is 6.44. The third-order valence-corrected chi connectivity index (χ3v) is 2.58. The van der Waals surface area contributed by atoms with Crippen LogP contribution in [0.4, 0.5) is 18.0 Å². The molecule has 0 saturated heterocycles. The lowest BCUT2D eigenvalue weighted by Crippen LogP contribution is -2.38. The number of carbonyl (C=O) groups excluding carboxylic acids is 1. The van der Waals surface area contributed by atoms with Gasteiger partial charge in [0.25, 0.3) is 0 Å². The van der Waals surface area contributed by atoms with E-state index in [2.05, 4.69) is 15.4 Å². The fourth-order valence-electron chi connectivity index (χ4n) is 1.54. The number of amides is 2. The number of urea groups is 1. The summed E-state index contributed by atoms with van der Waals surface area (Å²) in [5.74, 6) is -1.49. The number of carboxylic acids is 1. The van der Waals surface area contributed by atoms with Gasteiger partial charge in [0, 0.05) is 13.1 Å². The van der Waals surface area contributed by atoms with E-state index in [-0.39, 0.29) is 25.1 Å². The number of halogens is 3. The summed E-state index contributed by atoms with van der Waals surface area (Å²) in [6.45, 7) is -0.265. The van der Waals surface area contributed by atoms with Gasteiger partial charge in [0.1, 0.15) is 5.75 Å². The molecule has 1 aromatic rings. The third-order valence-electron chi connectivity index (χ3n) is 2.58. The molecule has 1 atom stereocenters. The van der Waals surface area contributed by atoms with Gasteiger partial charge in [-0.3, -0.25) is 4.79 Å². The smallest absolute Gasteiger partial charge is 0.481 e. The van der Waals surface area contributed by atoms with Gasteiger partial charge in [0.05, 0.1) is 12.5 Å². The maximum atomic E-state index is 12.0. The molecule has 0 spiro atoms. The topological polar surface area (TPSA) is 108 Å². The second kappa shape index (κ2) is 8.22. The second-order valence-electron chi connectivity index (χ2n) is 4.41. The van der Waals surface area contributed by atoms with Crippen molar-refractivity contribution < 1.29 is 37.7 Å². The van der Waals surface area contributed by atoms with Crippen LogP contribution in [0.5, 0.6) is 5.75 Å². The standard InChI is InChI=1S/C13H15F3N2O5/c14-13(15,16)23-9-3-1-8(2-4-9)10(19)7-18-12(22)17-6-5-11(20)21/h1-4,10,19H,5-7H2,(H,20,21)(H2,17,18,22). The Kier molecular flexibility index (Phi) is 6.64. The summed E-state index contributed by atoms with van der Waals surface area (Å²) in [6, 6.07) is 3.88. The number of aliphatic hydroxyl groups excluding tert-OH is 1. The minimum absolute atomic E-state index is 0.0687. The average Bonchev–Trinajstić information content (AvgIpc) is 2.43. The van der Waals surface area contributed by atoms with Crippen molar-refractivity contribution in [3.05, 3.63) is 29.8 Å². The predicted molar refractivity (Wildman–Crippen MR) is 71.7 cm³/mol. The number of aliphatic hydroxyl groups is 1. The first-order valence-corrected chi connectivity index (χ1v) is 6.44. The van der Waals surface area contributed by atoms with Crippen molar-refractivity contribution in [2.24, 2.45) is 0 Å². The molecular formula is C13H15F3N2O5. The molecule has 1 aromatic carbocycles. The fourth-order valence-corrected chi connectivity index (χ4v) is 1.54. The lowest BCUT2D eigenvalue weighted by atomic mass is 10.1. The molecule has 128 valence electrons. The van der Waals surface area contributed by atoms with Crippen LogP contribution in [0.15, 0.2) is 24.3 Å². The number of rotatable bonds is 7. The van der Waals surface area contributed by atoms with Crippen molar-refractivity contribution in [2.75, 3.05) is 13.1 Å². The van der Waals surface area contributed by atoms with Crippen LogP contribution in [0, 0.1) is 0 Å². The summed E-state index contributed by atoms with van der Waals surface area (Å²) in [5, 5.41) is 22.8. The van der Waals surface area contributed by atoms with Crippen LogP contribution in [-0.2, 0) is 4.79 Å². The highest BCUT2D eigenvalue weighted by Crippen LogP contribution is 2.24. The molecule has 4 N–H and O–H groups in total. The minimum Gasteiger partial charge on any atom is -0.481 e. The summed E-state index contributed by atoms with van der Waals surface area (Å²) < 4.78 is 39.7. The molecule has 0 aromatic heterocycles. The van der Waals surface area contributed by atoms with Crippen LogP contribution in [-0.4, -0.2) is 41.7 Å². The Balaban J connectivity index is 2.41. The lowest BCUT2D eigenvalue weighted by Gasteiger charge is -2.14. The monoisotopic (exact) mass is 336 g/mol. The Morgan fingerprint density at radius 2 is 1.78 bits per heavy atom. The highest BCUT2D eigenvalue weighted by Gasteiger charge is 2.31. The van der Waals surface area contributed by atoms with Crippen molar-refractivity contribution >= 4 is 12.0 Å². The van der Waals surface area contributed by atoms with Crippen molar-refractivity contribution in [3.63, 3.8) is 0 Å². The molecule has 0 fully saturated rings. The summed E-state index contributed by atoms with van der Waals surface area (Å²) in [5.41, 5.74) is 0.283. The Morgan fingerprint density at radius 1 is 1.17 bits per heavy atom. The van der Waals surface area contributed by atoms with E-state index in [1.807, 2.05) is 0 Å². The van der Waals surface area contributed by atoms with Crippen LogP contribution in [0.3, 0.4) is 0 Å². The molecule has 23 heavy (non-hydrogen) atoms. The number of alkyl halides is 3. The lowest BCUT2D eigenvalue weighted by molar-refractivity contribution is -0.274. The number of hydrogen-bond donors (Lipinski definition) is 4. The van der Waals surface area contributed by atoms with Gasteiger partial charge in [0.2, 0.25) is 0 Å². The Hall–Kier alpha value is -2.49. The summed E-state index contributed by atoms with van der Waals surface area (Å²) in [4.78, 5) is 21.6. The maximum absolute atomic E-state index is 12.0. The molecule has 0 aliphatic carbocycles. The first kappa shape index (κ1) is 18.6. The first-order chi connectivity index (χ1) is 10.7. The molecule has 10 heteroatoms. The van der Waals surface area contributed by atoms with Crippen LogP contribution in [0.1, 0.15) is 18.1 Å². The number of hydrogen-bond acceptors (Lipinski definition) is 4. The molecule has 1 rings (SSSR count). The maximum Gasteiger partial charge on any atom is 0.573 e. The van der Waals surface area contributed by atoms with E-state index in [0.29, 0.717) is 0 Å². The van der Waals surface area contributed by atoms with Gasteiger partial charge in [-0.25, -0.2) is 4.79 Å². The van der Waals surface area contributed by atoms with Crippen LogP contribution in [0.25, 0.3) is 0 Å². The minimum atomic E-state index is -4.80. The number of aliphatic carboxylic acids is 1. The zero-order valence-electron chi connectivity index (χ0n) is 11.8. The molecule has 0 aliphatic heterocycles. The number of ether oxygens (including phenoxy) is 1. The van der Waals surface area contributed by atoms with Gasteiger partial charge in [-0.2, -0.15) is 0 Å². The Labute approximate surface area is 129 Å². The Morgan fingerprint density at radius 3 is 2.30 bits per heavy atom. The summed E-state index contributed by atoms with van der Waals surface area (Å²) >= 11 is 0. The van der Waals surface area contributed by atoms with Gasteiger partial charge in [-0.15, -0.1) is 13.2 Å². The molecule has 0 radical (unpaired) electrons. The molecule has 2 amide bonds. The highest BCUT2D eigenvalue weighted by molar-refractivity contribution is 5.75. The third kappa shape index (κ3) is 7.90. The van der Waals surface area contributed by atoms with Crippen LogP contribution in [0.2, 0.25) is 0 Å². The number of carboxylic acid groups (broad SMARTS) is 1. The molecular weight excluding hydrogens is 321 g/mol. The van der Waals surface area contributed by atoms with E-state index in [0.717, 1.165) is 12.1 Å². The van der Waals surface area contributed by atoms with Crippen molar-refractivity contribution in [1.82, 2.24) is 10.6 Å². The van der Waals surface area contributed by atoms with Crippen molar-refractivity contribution in [3.8, 4) is 5.75 Å². The zero-order chi connectivity index (χ0) is 17.5. The largest absolute Gasteiger partial charge is 0.573 e. The van der Waals surface area contributed by atoms with Crippen molar-refractivity contribution in [1.29, 1.82) is 0 Å². The molecule has 0 bridgehead atoms. The summed E-state index contributed by atoms with van der Waals surface area (Å²) in [6.07, 6.45) is -6.17. The molecule has 1 unspecified atom stereocenters. The number of carbonyl (C=O) groups is 2.